The van der Waals surface area contributed by atoms with Crippen molar-refractivity contribution < 1.29 is 24.6 Å². The van der Waals surface area contributed by atoms with E-state index in [1.54, 1.807) is 0 Å². The molecule has 7 nitrogen and oxygen atoms in total. The molecule has 4 N–H and O–H groups in total. The molecular formula is C12H20N2O5. The van der Waals surface area contributed by atoms with Crippen LogP contribution in [0, 0.1) is 5.92 Å². The lowest BCUT2D eigenvalue weighted by Crippen LogP contribution is -2.49. The van der Waals surface area contributed by atoms with Gasteiger partial charge in [-0.3, -0.25) is 4.79 Å². The summed E-state index contributed by atoms with van der Waals surface area (Å²) in [6.45, 7) is 1.94. The van der Waals surface area contributed by atoms with Gasteiger partial charge in [0.1, 0.15) is 6.04 Å². The Labute approximate surface area is 111 Å². The van der Waals surface area contributed by atoms with Crippen molar-refractivity contribution in [2.45, 2.75) is 51.1 Å². The van der Waals surface area contributed by atoms with Gasteiger partial charge >= 0.3 is 18.0 Å². The average molecular weight is 272 g/mol. The SMILES string of the molecule is CCC(CC1CC1)NC(=O)N[C@H](CC(=O)O)C(=O)O. The van der Waals surface area contributed by atoms with Gasteiger partial charge in [0, 0.05) is 6.04 Å². The van der Waals surface area contributed by atoms with Crippen LogP contribution in [0.3, 0.4) is 0 Å². The highest BCUT2D eigenvalue weighted by Gasteiger charge is 2.27. The summed E-state index contributed by atoms with van der Waals surface area (Å²) in [6.07, 6.45) is 3.37. The molecule has 2 atom stereocenters. The van der Waals surface area contributed by atoms with Crippen molar-refractivity contribution in [2.75, 3.05) is 0 Å². The highest BCUT2D eigenvalue weighted by molar-refractivity contribution is 5.86. The van der Waals surface area contributed by atoms with Gasteiger partial charge in [0.2, 0.25) is 0 Å². The number of nitrogens with one attached hydrogen (secondary N) is 2. The Morgan fingerprint density at radius 2 is 1.84 bits per heavy atom. The first-order valence-corrected chi connectivity index (χ1v) is 6.44. The first-order valence-electron chi connectivity index (χ1n) is 6.44. The predicted octanol–water partition coefficient (Wildman–Crippen LogP) is 0.792. The summed E-state index contributed by atoms with van der Waals surface area (Å²) in [7, 11) is 0. The van der Waals surface area contributed by atoms with Crippen LogP contribution in [0.5, 0.6) is 0 Å². The van der Waals surface area contributed by atoms with E-state index in [0.717, 1.165) is 12.8 Å². The molecule has 0 aromatic rings. The lowest BCUT2D eigenvalue weighted by Gasteiger charge is -2.19. The van der Waals surface area contributed by atoms with E-state index in [0.29, 0.717) is 5.92 Å². The van der Waals surface area contributed by atoms with Gasteiger partial charge in [-0.05, 0) is 18.8 Å². The average Bonchev–Trinajstić information content (AvgIpc) is 3.10. The summed E-state index contributed by atoms with van der Waals surface area (Å²) < 4.78 is 0. The minimum atomic E-state index is -1.41. The Bertz CT molecular complexity index is 354. The number of carboxylic acid groups (broad SMARTS) is 2. The van der Waals surface area contributed by atoms with Crippen molar-refractivity contribution in [3.63, 3.8) is 0 Å². The third-order valence-corrected chi connectivity index (χ3v) is 3.12. The molecular weight excluding hydrogens is 252 g/mol. The first-order chi connectivity index (χ1) is 8.92. The Morgan fingerprint density at radius 1 is 1.21 bits per heavy atom. The second-order valence-electron chi connectivity index (χ2n) is 4.89. The van der Waals surface area contributed by atoms with Gasteiger partial charge in [0.05, 0.1) is 6.42 Å². The highest BCUT2D eigenvalue weighted by atomic mass is 16.4. The molecule has 1 fully saturated rings. The summed E-state index contributed by atoms with van der Waals surface area (Å²) in [5, 5.41) is 22.2. The molecule has 1 saturated carbocycles. The van der Waals surface area contributed by atoms with E-state index in [1.807, 2.05) is 6.92 Å². The maximum Gasteiger partial charge on any atom is 0.326 e. The van der Waals surface area contributed by atoms with E-state index in [2.05, 4.69) is 10.6 Å². The van der Waals surface area contributed by atoms with Crippen LogP contribution in [0.25, 0.3) is 0 Å². The Hall–Kier alpha value is -1.79. The van der Waals surface area contributed by atoms with Crippen LogP contribution in [-0.4, -0.2) is 40.3 Å². The number of urea groups is 1. The molecule has 1 aliphatic rings. The Balaban J connectivity index is 2.41. The molecule has 1 rings (SSSR count). The van der Waals surface area contributed by atoms with Crippen LogP contribution in [0.4, 0.5) is 4.79 Å². The molecule has 0 aromatic carbocycles. The van der Waals surface area contributed by atoms with Crippen LogP contribution in [0.2, 0.25) is 0 Å². The minimum Gasteiger partial charge on any atom is -0.481 e. The van der Waals surface area contributed by atoms with Crippen LogP contribution in [-0.2, 0) is 9.59 Å². The van der Waals surface area contributed by atoms with E-state index in [-0.39, 0.29) is 6.04 Å². The van der Waals surface area contributed by atoms with Gasteiger partial charge in [-0.25, -0.2) is 9.59 Å². The molecule has 0 bridgehead atoms. The van der Waals surface area contributed by atoms with Gasteiger partial charge in [-0.1, -0.05) is 19.8 Å². The maximum atomic E-state index is 11.6. The summed E-state index contributed by atoms with van der Waals surface area (Å²) in [5.41, 5.74) is 0. The molecule has 0 radical (unpaired) electrons. The van der Waals surface area contributed by atoms with E-state index in [4.69, 9.17) is 10.2 Å². The maximum absolute atomic E-state index is 11.6. The fraction of sp³-hybridized carbons (Fsp3) is 0.750. The number of carbonyl (C=O) groups is 3. The standard InChI is InChI=1S/C12H20N2O5/c1-2-8(5-7-3-4-7)13-12(19)14-9(11(17)18)6-10(15)16/h7-9H,2-6H2,1H3,(H,15,16)(H,17,18)(H2,13,14,19)/t8?,9-/m1/s1. The normalized spacial score (nSPS) is 17.3. The third-order valence-electron chi connectivity index (χ3n) is 3.12. The van der Waals surface area contributed by atoms with Crippen molar-refractivity contribution in [1.82, 2.24) is 10.6 Å². The van der Waals surface area contributed by atoms with Crippen LogP contribution in [0.1, 0.15) is 39.0 Å². The van der Waals surface area contributed by atoms with E-state index in [9.17, 15) is 14.4 Å². The van der Waals surface area contributed by atoms with E-state index >= 15 is 0 Å². The third kappa shape index (κ3) is 6.08. The van der Waals surface area contributed by atoms with Gasteiger partial charge < -0.3 is 20.8 Å². The van der Waals surface area contributed by atoms with Gasteiger partial charge in [-0.15, -0.1) is 0 Å². The molecule has 108 valence electrons. The number of amides is 2. The smallest absolute Gasteiger partial charge is 0.326 e. The quantitative estimate of drug-likeness (QED) is 0.521. The lowest BCUT2D eigenvalue weighted by atomic mass is 10.1. The summed E-state index contributed by atoms with van der Waals surface area (Å²) in [5.74, 6) is -1.97. The van der Waals surface area contributed by atoms with Crippen molar-refractivity contribution in [3.05, 3.63) is 0 Å². The molecule has 1 unspecified atom stereocenters. The zero-order valence-electron chi connectivity index (χ0n) is 10.9. The fourth-order valence-corrected chi connectivity index (χ4v) is 1.84. The van der Waals surface area contributed by atoms with Crippen LogP contribution < -0.4 is 10.6 Å². The summed E-state index contributed by atoms with van der Waals surface area (Å²) in [6, 6.07) is -2.02. The Kier molecular flexibility index (Phi) is 5.59. The molecule has 0 heterocycles. The lowest BCUT2D eigenvalue weighted by molar-refractivity contribution is -0.145. The number of carbonyl (C=O) groups excluding carboxylic acids is 1. The van der Waals surface area contributed by atoms with Gasteiger partial charge in [0.25, 0.3) is 0 Å². The second-order valence-corrected chi connectivity index (χ2v) is 4.89. The van der Waals surface area contributed by atoms with Crippen LogP contribution in [0.15, 0.2) is 0 Å². The van der Waals surface area contributed by atoms with E-state index in [1.165, 1.54) is 12.8 Å². The number of rotatable bonds is 8. The van der Waals surface area contributed by atoms with Crippen molar-refractivity contribution >= 4 is 18.0 Å². The van der Waals surface area contributed by atoms with E-state index < -0.39 is 30.4 Å². The zero-order valence-corrected chi connectivity index (χ0v) is 10.9. The van der Waals surface area contributed by atoms with Crippen LogP contribution >= 0.6 is 0 Å². The molecule has 19 heavy (non-hydrogen) atoms. The topological polar surface area (TPSA) is 116 Å². The first kappa shape index (κ1) is 15.3. The molecule has 0 aliphatic heterocycles. The van der Waals surface area contributed by atoms with Crippen molar-refractivity contribution in [3.8, 4) is 0 Å². The largest absolute Gasteiger partial charge is 0.481 e. The molecule has 7 heteroatoms. The summed E-state index contributed by atoms with van der Waals surface area (Å²) in [4.78, 5) is 32.9. The Morgan fingerprint density at radius 3 is 2.26 bits per heavy atom. The molecule has 1 aliphatic carbocycles. The molecule has 2 amide bonds. The molecule has 0 aromatic heterocycles. The van der Waals surface area contributed by atoms with Crippen molar-refractivity contribution in [1.29, 1.82) is 0 Å². The van der Waals surface area contributed by atoms with Gasteiger partial charge in [-0.2, -0.15) is 0 Å². The minimum absolute atomic E-state index is 0.00627. The highest BCUT2D eigenvalue weighted by Crippen LogP contribution is 2.33. The predicted molar refractivity (Wildman–Crippen MR) is 66.8 cm³/mol. The number of aliphatic carboxylic acids is 2. The monoisotopic (exact) mass is 272 g/mol. The number of carboxylic acids is 2. The number of hydrogen-bond donors (Lipinski definition) is 4. The molecule has 0 spiro atoms. The summed E-state index contributed by atoms with van der Waals surface area (Å²) >= 11 is 0. The zero-order chi connectivity index (χ0) is 14.4. The molecule has 0 saturated heterocycles. The second kappa shape index (κ2) is 6.96. The van der Waals surface area contributed by atoms with Gasteiger partial charge in [0.15, 0.2) is 0 Å². The fourth-order valence-electron chi connectivity index (χ4n) is 1.84. The van der Waals surface area contributed by atoms with Crippen molar-refractivity contribution in [2.24, 2.45) is 5.92 Å². The number of hydrogen-bond acceptors (Lipinski definition) is 3.